The highest BCUT2D eigenvalue weighted by molar-refractivity contribution is 9.10. The highest BCUT2D eigenvalue weighted by Crippen LogP contribution is 2.28. The van der Waals surface area contributed by atoms with Crippen LogP contribution in [-0.4, -0.2) is 16.2 Å². The fourth-order valence-electron chi connectivity index (χ4n) is 1.62. The topological polar surface area (TPSA) is 37.8 Å². The fourth-order valence-corrected chi connectivity index (χ4v) is 2.77. The maximum Gasteiger partial charge on any atom is 0.150 e. The Bertz CT molecular complexity index is 568. The third-order valence-corrected chi connectivity index (χ3v) is 4.20. The highest BCUT2D eigenvalue weighted by Gasteiger charge is 2.21. The Kier molecular flexibility index (Phi) is 3.41. The first-order valence-corrected chi connectivity index (χ1v) is 7.34. The number of nitrogens with zero attached hydrogens (tertiary/aromatic N) is 2. The van der Waals surface area contributed by atoms with Crippen LogP contribution in [0, 0.1) is 5.82 Å². The van der Waals surface area contributed by atoms with Gasteiger partial charge in [-0.25, -0.2) is 4.39 Å². The fraction of sp³-hybridized carbons (Fsp3) is 0.333. The second-order valence-corrected chi connectivity index (χ2v) is 6.26. The summed E-state index contributed by atoms with van der Waals surface area (Å²) in [5, 5.41) is 13.0. The zero-order valence-corrected chi connectivity index (χ0v) is 11.9. The Hall–Kier alpha value is -0.850. The molecule has 1 saturated carbocycles. The number of halogens is 2. The number of benzene rings is 1. The minimum Gasteiger partial charge on any atom is -0.308 e. The molecule has 1 aliphatic carbocycles. The van der Waals surface area contributed by atoms with Crippen molar-refractivity contribution in [3.05, 3.63) is 33.5 Å². The van der Waals surface area contributed by atoms with Crippen LogP contribution in [0.1, 0.15) is 17.8 Å². The molecule has 18 heavy (non-hydrogen) atoms. The first-order chi connectivity index (χ1) is 8.72. The minimum atomic E-state index is -0.276. The smallest absolute Gasteiger partial charge is 0.150 e. The van der Waals surface area contributed by atoms with Gasteiger partial charge in [0.1, 0.15) is 10.8 Å². The molecular formula is C12H11BrFN3S. The van der Waals surface area contributed by atoms with Crippen molar-refractivity contribution in [3.63, 3.8) is 0 Å². The molecule has 0 radical (unpaired) electrons. The van der Waals surface area contributed by atoms with E-state index in [1.54, 1.807) is 6.07 Å². The molecule has 1 aromatic carbocycles. The molecule has 0 aliphatic heterocycles. The van der Waals surface area contributed by atoms with Crippen molar-refractivity contribution in [2.45, 2.75) is 25.4 Å². The summed E-state index contributed by atoms with van der Waals surface area (Å²) in [6, 6.07) is 5.61. The molecular weight excluding hydrogens is 317 g/mol. The Morgan fingerprint density at radius 3 is 2.94 bits per heavy atom. The zero-order valence-electron chi connectivity index (χ0n) is 9.49. The van der Waals surface area contributed by atoms with Crippen molar-refractivity contribution >= 4 is 27.3 Å². The second-order valence-electron chi connectivity index (χ2n) is 4.28. The lowest BCUT2D eigenvalue weighted by Crippen LogP contribution is -2.14. The standard InChI is InChI=1S/C12H11BrFN3S/c13-7-1-4-9(10(14)5-7)12-17-16-11(18-12)6-15-8-2-3-8/h1,4-5,8,15H,2-3,6H2. The van der Waals surface area contributed by atoms with Crippen LogP contribution >= 0.6 is 27.3 Å². The molecule has 1 heterocycles. The summed E-state index contributed by atoms with van der Waals surface area (Å²) in [4.78, 5) is 0. The van der Waals surface area contributed by atoms with E-state index in [0.717, 1.165) is 16.0 Å². The Balaban J connectivity index is 1.78. The van der Waals surface area contributed by atoms with E-state index in [1.807, 2.05) is 6.07 Å². The molecule has 1 aliphatic rings. The van der Waals surface area contributed by atoms with Gasteiger partial charge < -0.3 is 5.32 Å². The van der Waals surface area contributed by atoms with Crippen molar-refractivity contribution in [1.29, 1.82) is 0 Å². The second kappa shape index (κ2) is 5.03. The van der Waals surface area contributed by atoms with Crippen molar-refractivity contribution < 1.29 is 4.39 Å². The SMILES string of the molecule is Fc1cc(Br)ccc1-c1nnc(CNC2CC2)s1. The van der Waals surface area contributed by atoms with Crippen molar-refractivity contribution in [1.82, 2.24) is 15.5 Å². The highest BCUT2D eigenvalue weighted by atomic mass is 79.9. The molecule has 3 nitrogen and oxygen atoms in total. The molecule has 0 unspecified atom stereocenters. The molecule has 0 saturated heterocycles. The van der Waals surface area contributed by atoms with E-state index in [-0.39, 0.29) is 5.82 Å². The summed E-state index contributed by atoms with van der Waals surface area (Å²) >= 11 is 4.67. The lowest BCUT2D eigenvalue weighted by molar-refractivity contribution is 0.630. The largest absolute Gasteiger partial charge is 0.308 e. The van der Waals surface area contributed by atoms with E-state index in [2.05, 4.69) is 31.4 Å². The van der Waals surface area contributed by atoms with Crippen LogP contribution in [0.15, 0.2) is 22.7 Å². The van der Waals surface area contributed by atoms with Gasteiger partial charge in [0.2, 0.25) is 0 Å². The van der Waals surface area contributed by atoms with Gasteiger partial charge in [-0.05, 0) is 31.0 Å². The molecule has 3 rings (SSSR count). The maximum atomic E-state index is 13.8. The van der Waals surface area contributed by atoms with Gasteiger partial charge in [-0.3, -0.25) is 0 Å². The van der Waals surface area contributed by atoms with E-state index < -0.39 is 0 Å². The number of rotatable bonds is 4. The number of hydrogen-bond donors (Lipinski definition) is 1. The summed E-state index contributed by atoms with van der Waals surface area (Å²) in [6.45, 7) is 0.723. The molecule has 1 aromatic heterocycles. The van der Waals surface area contributed by atoms with Gasteiger partial charge in [0.25, 0.3) is 0 Å². The predicted octanol–water partition coefficient (Wildman–Crippen LogP) is 3.36. The lowest BCUT2D eigenvalue weighted by Gasteiger charge is -1.98. The van der Waals surface area contributed by atoms with Crippen molar-refractivity contribution in [3.8, 4) is 10.6 Å². The van der Waals surface area contributed by atoms with Crippen LogP contribution in [0.2, 0.25) is 0 Å². The van der Waals surface area contributed by atoms with Gasteiger partial charge >= 0.3 is 0 Å². The van der Waals surface area contributed by atoms with Gasteiger partial charge in [0, 0.05) is 22.6 Å². The molecule has 6 heteroatoms. The summed E-state index contributed by atoms with van der Waals surface area (Å²) in [7, 11) is 0. The third kappa shape index (κ3) is 2.76. The Morgan fingerprint density at radius 2 is 2.22 bits per heavy atom. The first kappa shape index (κ1) is 12.2. The van der Waals surface area contributed by atoms with Crippen LogP contribution in [0.5, 0.6) is 0 Å². The third-order valence-electron chi connectivity index (χ3n) is 2.75. The quantitative estimate of drug-likeness (QED) is 0.935. The molecule has 0 atom stereocenters. The van der Waals surface area contributed by atoms with Gasteiger partial charge in [-0.2, -0.15) is 0 Å². The monoisotopic (exact) mass is 327 g/mol. The van der Waals surface area contributed by atoms with E-state index in [1.165, 1.54) is 30.2 Å². The average molecular weight is 328 g/mol. The minimum absolute atomic E-state index is 0.276. The number of hydrogen-bond acceptors (Lipinski definition) is 4. The van der Waals surface area contributed by atoms with E-state index in [9.17, 15) is 4.39 Å². The van der Waals surface area contributed by atoms with E-state index >= 15 is 0 Å². The molecule has 1 N–H and O–H groups in total. The Morgan fingerprint density at radius 1 is 1.39 bits per heavy atom. The summed E-state index contributed by atoms with van der Waals surface area (Å²) in [5.74, 6) is -0.276. The maximum absolute atomic E-state index is 13.8. The summed E-state index contributed by atoms with van der Waals surface area (Å²) < 4.78 is 14.5. The lowest BCUT2D eigenvalue weighted by atomic mass is 10.2. The average Bonchev–Trinajstić information content (AvgIpc) is 3.05. The normalized spacial score (nSPS) is 15.0. The summed E-state index contributed by atoms with van der Waals surface area (Å²) in [6.07, 6.45) is 2.49. The van der Waals surface area contributed by atoms with Crippen LogP contribution in [-0.2, 0) is 6.54 Å². The van der Waals surface area contributed by atoms with Gasteiger partial charge in [-0.1, -0.05) is 27.3 Å². The summed E-state index contributed by atoms with van der Waals surface area (Å²) in [5.41, 5.74) is 0.508. The molecule has 0 amide bonds. The molecule has 1 fully saturated rings. The number of nitrogens with one attached hydrogen (secondary N) is 1. The number of aromatic nitrogens is 2. The molecule has 0 bridgehead atoms. The van der Waals surface area contributed by atoms with Crippen LogP contribution < -0.4 is 5.32 Å². The van der Waals surface area contributed by atoms with Crippen LogP contribution in [0.25, 0.3) is 10.6 Å². The Labute approximate surface area is 117 Å². The van der Waals surface area contributed by atoms with Gasteiger partial charge in [-0.15, -0.1) is 10.2 Å². The molecule has 94 valence electrons. The van der Waals surface area contributed by atoms with Crippen molar-refractivity contribution in [2.75, 3.05) is 0 Å². The molecule has 0 spiro atoms. The van der Waals surface area contributed by atoms with Gasteiger partial charge in [0.05, 0.1) is 0 Å². The van der Waals surface area contributed by atoms with Crippen molar-refractivity contribution in [2.24, 2.45) is 0 Å². The van der Waals surface area contributed by atoms with Crippen LogP contribution in [0.4, 0.5) is 4.39 Å². The van der Waals surface area contributed by atoms with E-state index in [4.69, 9.17) is 0 Å². The van der Waals surface area contributed by atoms with Crippen LogP contribution in [0.3, 0.4) is 0 Å². The predicted molar refractivity (Wildman–Crippen MR) is 72.9 cm³/mol. The molecule has 2 aromatic rings. The van der Waals surface area contributed by atoms with Gasteiger partial charge in [0.15, 0.2) is 5.01 Å². The first-order valence-electron chi connectivity index (χ1n) is 5.73. The van der Waals surface area contributed by atoms with E-state index in [0.29, 0.717) is 16.6 Å². The zero-order chi connectivity index (χ0) is 12.5.